The van der Waals surface area contributed by atoms with Gasteiger partial charge < -0.3 is 15.4 Å². The van der Waals surface area contributed by atoms with Crippen LogP contribution in [0.5, 0.6) is 5.75 Å². The van der Waals surface area contributed by atoms with Crippen LogP contribution >= 0.6 is 12.2 Å². The van der Waals surface area contributed by atoms with E-state index >= 15 is 0 Å². The van der Waals surface area contributed by atoms with Crippen LogP contribution in [-0.4, -0.2) is 30.1 Å². The van der Waals surface area contributed by atoms with Crippen molar-refractivity contribution in [1.29, 1.82) is 0 Å². The molecule has 2 aromatic rings. The van der Waals surface area contributed by atoms with Gasteiger partial charge in [0.05, 0.1) is 6.61 Å². The minimum absolute atomic E-state index is 0.139. The van der Waals surface area contributed by atoms with Gasteiger partial charge in [0, 0.05) is 23.9 Å². The molecule has 0 aromatic heterocycles. The van der Waals surface area contributed by atoms with E-state index in [0.717, 1.165) is 24.2 Å². The average molecular weight is 426 g/mol. The number of rotatable bonds is 9. The van der Waals surface area contributed by atoms with Crippen molar-refractivity contribution in [3.63, 3.8) is 0 Å². The summed E-state index contributed by atoms with van der Waals surface area (Å²) in [6.07, 6.45) is 5.04. The number of nitrogens with one attached hydrogen (secondary N) is 3. The SMILES string of the molecule is CCCCNC(=O)c1cccc(NC(=S)NC(=O)/C=C/c2ccc(OCC)cc2)c1. The fourth-order valence-electron chi connectivity index (χ4n) is 2.55. The Bertz CT molecular complexity index is 895. The first kappa shape index (κ1) is 23.1. The van der Waals surface area contributed by atoms with E-state index in [9.17, 15) is 9.59 Å². The van der Waals surface area contributed by atoms with Gasteiger partial charge in [0.1, 0.15) is 5.75 Å². The summed E-state index contributed by atoms with van der Waals surface area (Å²) in [5.41, 5.74) is 2.02. The Hall–Kier alpha value is -3.19. The Labute approximate surface area is 182 Å². The van der Waals surface area contributed by atoms with Gasteiger partial charge in [-0.25, -0.2) is 0 Å². The Balaban J connectivity index is 1.86. The fraction of sp³-hybridized carbons (Fsp3) is 0.261. The number of hydrogen-bond donors (Lipinski definition) is 3. The molecule has 0 bridgehead atoms. The molecular formula is C23H27N3O3S. The summed E-state index contributed by atoms with van der Waals surface area (Å²) in [6.45, 7) is 5.24. The molecule has 0 saturated carbocycles. The Morgan fingerprint density at radius 2 is 1.87 bits per heavy atom. The van der Waals surface area contributed by atoms with E-state index in [1.807, 2.05) is 31.2 Å². The maximum absolute atomic E-state index is 12.2. The van der Waals surface area contributed by atoms with Gasteiger partial charge in [-0.2, -0.15) is 0 Å². The molecule has 0 aliphatic heterocycles. The number of carbonyl (C=O) groups excluding carboxylic acids is 2. The predicted molar refractivity (Wildman–Crippen MR) is 125 cm³/mol. The highest BCUT2D eigenvalue weighted by Crippen LogP contribution is 2.13. The number of benzene rings is 2. The van der Waals surface area contributed by atoms with Gasteiger partial charge >= 0.3 is 0 Å². The van der Waals surface area contributed by atoms with Gasteiger partial charge in [-0.05, 0) is 67.5 Å². The third-order valence-corrected chi connectivity index (χ3v) is 4.26. The van der Waals surface area contributed by atoms with E-state index < -0.39 is 0 Å². The minimum Gasteiger partial charge on any atom is -0.494 e. The Morgan fingerprint density at radius 3 is 2.57 bits per heavy atom. The lowest BCUT2D eigenvalue weighted by Crippen LogP contribution is -2.33. The highest BCUT2D eigenvalue weighted by atomic mass is 32.1. The molecule has 0 heterocycles. The average Bonchev–Trinajstić information content (AvgIpc) is 2.73. The van der Waals surface area contributed by atoms with E-state index in [4.69, 9.17) is 17.0 Å². The van der Waals surface area contributed by atoms with E-state index in [-0.39, 0.29) is 16.9 Å². The van der Waals surface area contributed by atoms with E-state index in [2.05, 4.69) is 22.9 Å². The first-order valence-electron chi connectivity index (χ1n) is 9.93. The summed E-state index contributed by atoms with van der Waals surface area (Å²) in [6, 6.07) is 14.4. The molecule has 0 radical (unpaired) electrons. The molecule has 0 atom stereocenters. The fourth-order valence-corrected chi connectivity index (χ4v) is 2.77. The van der Waals surface area contributed by atoms with Crippen molar-refractivity contribution in [3.05, 3.63) is 65.7 Å². The molecule has 7 heteroatoms. The molecule has 2 rings (SSSR count). The zero-order valence-corrected chi connectivity index (χ0v) is 18.1. The molecule has 6 nitrogen and oxygen atoms in total. The normalized spacial score (nSPS) is 10.5. The van der Waals surface area contributed by atoms with Crippen LogP contribution in [0.2, 0.25) is 0 Å². The molecule has 30 heavy (non-hydrogen) atoms. The number of amides is 2. The van der Waals surface area contributed by atoms with Crippen molar-refractivity contribution in [2.75, 3.05) is 18.5 Å². The summed E-state index contributed by atoms with van der Waals surface area (Å²) in [5, 5.41) is 8.54. The largest absolute Gasteiger partial charge is 0.494 e. The highest BCUT2D eigenvalue weighted by molar-refractivity contribution is 7.80. The van der Waals surface area contributed by atoms with E-state index in [0.29, 0.717) is 24.4 Å². The van der Waals surface area contributed by atoms with Crippen LogP contribution in [0.3, 0.4) is 0 Å². The lowest BCUT2D eigenvalue weighted by molar-refractivity contribution is -0.115. The van der Waals surface area contributed by atoms with Crippen molar-refractivity contribution in [1.82, 2.24) is 10.6 Å². The Kier molecular flexibility index (Phi) is 9.54. The van der Waals surface area contributed by atoms with Crippen molar-refractivity contribution < 1.29 is 14.3 Å². The standard InChI is InChI=1S/C23H27N3O3S/c1-3-5-15-24-22(28)18-7-6-8-19(16-18)25-23(30)26-21(27)14-11-17-9-12-20(13-10-17)29-4-2/h6-14,16H,3-5,15H2,1-2H3,(H,24,28)(H2,25,26,27,30)/b14-11+. The van der Waals surface area contributed by atoms with Gasteiger partial charge in [0.15, 0.2) is 5.11 Å². The lowest BCUT2D eigenvalue weighted by Gasteiger charge is -2.10. The molecule has 2 aromatic carbocycles. The summed E-state index contributed by atoms with van der Waals surface area (Å²) in [4.78, 5) is 24.2. The number of thiocarbonyl (C=S) groups is 1. The topological polar surface area (TPSA) is 79.5 Å². The summed E-state index contributed by atoms with van der Waals surface area (Å²) >= 11 is 5.19. The zero-order valence-electron chi connectivity index (χ0n) is 17.2. The van der Waals surface area contributed by atoms with Gasteiger partial charge in [0.2, 0.25) is 5.91 Å². The molecule has 0 aliphatic carbocycles. The van der Waals surface area contributed by atoms with Gasteiger partial charge in [0.25, 0.3) is 5.91 Å². The molecule has 0 fully saturated rings. The molecule has 158 valence electrons. The minimum atomic E-state index is -0.352. The maximum Gasteiger partial charge on any atom is 0.251 e. The third kappa shape index (κ3) is 8.05. The molecule has 0 spiro atoms. The molecule has 2 amide bonds. The van der Waals surface area contributed by atoms with Crippen molar-refractivity contribution >= 4 is 40.9 Å². The zero-order chi connectivity index (χ0) is 21.8. The molecule has 0 aliphatic rings. The second kappa shape index (κ2) is 12.4. The van der Waals surface area contributed by atoms with Crippen molar-refractivity contribution in [2.45, 2.75) is 26.7 Å². The summed E-state index contributed by atoms with van der Waals surface area (Å²) in [5.74, 6) is 0.293. The first-order valence-corrected chi connectivity index (χ1v) is 10.3. The van der Waals surface area contributed by atoms with Crippen LogP contribution in [0.25, 0.3) is 6.08 Å². The van der Waals surface area contributed by atoms with Crippen LogP contribution in [0.1, 0.15) is 42.6 Å². The quantitative estimate of drug-likeness (QED) is 0.320. The smallest absolute Gasteiger partial charge is 0.251 e. The van der Waals surface area contributed by atoms with Crippen LogP contribution < -0.4 is 20.7 Å². The van der Waals surface area contributed by atoms with Crippen molar-refractivity contribution in [2.24, 2.45) is 0 Å². The first-order chi connectivity index (χ1) is 14.5. The number of unbranched alkanes of at least 4 members (excludes halogenated alkanes) is 1. The number of anilines is 1. The highest BCUT2D eigenvalue weighted by Gasteiger charge is 2.07. The third-order valence-electron chi connectivity index (χ3n) is 4.05. The van der Waals surface area contributed by atoms with Crippen LogP contribution in [0, 0.1) is 0 Å². The lowest BCUT2D eigenvalue weighted by atomic mass is 10.2. The van der Waals surface area contributed by atoms with Crippen molar-refractivity contribution in [3.8, 4) is 5.75 Å². The van der Waals surface area contributed by atoms with Crippen LogP contribution in [0.15, 0.2) is 54.6 Å². The summed E-state index contributed by atoms with van der Waals surface area (Å²) < 4.78 is 5.39. The van der Waals surface area contributed by atoms with Crippen LogP contribution in [-0.2, 0) is 4.79 Å². The number of ether oxygens (including phenoxy) is 1. The van der Waals surface area contributed by atoms with E-state index in [1.165, 1.54) is 6.08 Å². The van der Waals surface area contributed by atoms with E-state index in [1.54, 1.807) is 30.3 Å². The van der Waals surface area contributed by atoms with Gasteiger partial charge in [-0.15, -0.1) is 0 Å². The number of hydrogen-bond acceptors (Lipinski definition) is 4. The molecule has 0 saturated heterocycles. The van der Waals surface area contributed by atoms with Gasteiger partial charge in [-0.3, -0.25) is 14.9 Å². The number of carbonyl (C=O) groups is 2. The maximum atomic E-state index is 12.2. The molecule has 0 unspecified atom stereocenters. The molecular weight excluding hydrogens is 398 g/mol. The van der Waals surface area contributed by atoms with Gasteiger partial charge in [-0.1, -0.05) is 31.5 Å². The second-order valence-electron chi connectivity index (χ2n) is 6.47. The summed E-state index contributed by atoms with van der Waals surface area (Å²) in [7, 11) is 0. The predicted octanol–water partition coefficient (Wildman–Crippen LogP) is 4.14. The Morgan fingerprint density at radius 1 is 1.10 bits per heavy atom. The second-order valence-corrected chi connectivity index (χ2v) is 6.88. The monoisotopic (exact) mass is 425 g/mol. The van der Waals surface area contributed by atoms with Crippen LogP contribution in [0.4, 0.5) is 5.69 Å². The molecule has 3 N–H and O–H groups in total.